The number of aromatic nitrogens is 2. The molecule has 0 bridgehead atoms. The highest BCUT2D eigenvalue weighted by molar-refractivity contribution is 7.91. The van der Waals surface area contributed by atoms with E-state index in [-0.39, 0.29) is 11.3 Å². The van der Waals surface area contributed by atoms with Crippen LogP contribution in [0.4, 0.5) is 5.82 Å². The number of sulfone groups is 1. The molecule has 0 saturated heterocycles. The van der Waals surface area contributed by atoms with Gasteiger partial charge in [0.05, 0.1) is 22.0 Å². The summed E-state index contributed by atoms with van der Waals surface area (Å²) in [5.41, 5.74) is 2.58. The van der Waals surface area contributed by atoms with Gasteiger partial charge in [0, 0.05) is 12.3 Å². The monoisotopic (exact) mass is 319 g/mol. The molecule has 1 saturated carbocycles. The summed E-state index contributed by atoms with van der Waals surface area (Å²) in [4.78, 5) is 9.20. The van der Waals surface area contributed by atoms with Crippen molar-refractivity contribution in [3.63, 3.8) is 0 Å². The molecular formula is C16H21N3O2S. The van der Waals surface area contributed by atoms with Crippen LogP contribution in [0.25, 0.3) is 11.0 Å². The number of hydrogen-bond donors (Lipinski definition) is 1. The number of benzene rings is 1. The van der Waals surface area contributed by atoms with Crippen molar-refractivity contribution in [3.8, 4) is 0 Å². The molecule has 6 heteroatoms. The third-order valence-electron chi connectivity index (χ3n) is 4.32. The topological polar surface area (TPSA) is 72.0 Å². The maximum absolute atomic E-state index is 11.8. The summed E-state index contributed by atoms with van der Waals surface area (Å²) < 4.78 is 23.5. The molecule has 1 aromatic carbocycles. The van der Waals surface area contributed by atoms with Crippen molar-refractivity contribution >= 4 is 26.7 Å². The molecule has 2 aromatic rings. The van der Waals surface area contributed by atoms with Gasteiger partial charge < -0.3 is 5.32 Å². The number of rotatable bonds is 3. The lowest BCUT2D eigenvalue weighted by atomic mass is 9.95. The average Bonchev–Trinajstić information content (AvgIpc) is 2.47. The van der Waals surface area contributed by atoms with Crippen LogP contribution in [0.5, 0.6) is 0 Å². The second kappa shape index (κ2) is 5.83. The van der Waals surface area contributed by atoms with Crippen molar-refractivity contribution in [1.82, 2.24) is 9.97 Å². The van der Waals surface area contributed by atoms with E-state index in [9.17, 15) is 8.42 Å². The molecule has 0 spiro atoms. The zero-order valence-electron chi connectivity index (χ0n) is 12.9. The molecule has 0 amide bonds. The number of nitrogens with zero attached hydrogens (tertiary/aromatic N) is 2. The Bertz CT molecular complexity index is 789. The van der Waals surface area contributed by atoms with E-state index in [1.54, 1.807) is 0 Å². The molecule has 2 atom stereocenters. The first-order chi connectivity index (χ1) is 10.4. The molecule has 5 nitrogen and oxygen atoms in total. The van der Waals surface area contributed by atoms with Gasteiger partial charge in [0.25, 0.3) is 0 Å². The van der Waals surface area contributed by atoms with Crippen LogP contribution in [-0.2, 0) is 9.84 Å². The van der Waals surface area contributed by atoms with E-state index in [0.29, 0.717) is 6.42 Å². The normalized spacial score (nSPS) is 22.6. The van der Waals surface area contributed by atoms with E-state index in [2.05, 4.69) is 15.3 Å². The number of nitrogens with one attached hydrogen (secondary N) is 1. The summed E-state index contributed by atoms with van der Waals surface area (Å²) in [5.74, 6) is 0.762. The fraction of sp³-hybridized carbons (Fsp3) is 0.500. The number of para-hydroxylation sites is 2. The first-order valence-corrected chi connectivity index (χ1v) is 9.58. The van der Waals surface area contributed by atoms with Gasteiger partial charge in [0.1, 0.15) is 15.7 Å². The van der Waals surface area contributed by atoms with Crippen molar-refractivity contribution in [1.29, 1.82) is 0 Å². The first kappa shape index (κ1) is 15.2. The van der Waals surface area contributed by atoms with E-state index in [1.165, 1.54) is 6.26 Å². The molecule has 1 fully saturated rings. The van der Waals surface area contributed by atoms with Crippen LogP contribution < -0.4 is 5.32 Å². The Morgan fingerprint density at radius 3 is 2.50 bits per heavy atom. The molecule has 0 radical (unpaired) electrons. The van der Waals surface area contributed by atoms with E-state index in [4.69, 9.17) is 0 Å². The van der Waals surface area contributed by atoms with Crippen molar-refractivity contribution in [2.24, 2.45) is 0 Å². The summed E-state index contributed by atoms with van der Waals surface area (Å²) in [5, 5.41) is 3.16. The van der Waals surface area contributed by atoms with E-state index in [1.807, 2.05) is 31.2 Å². The van der Waals surface area contributed by atoms with Gasteiger partial charge in [-0.3, -0.25) is 0 Å². The maximum atomic E-state index is 11.8. The summed E-state index contributed by atoms with van der Waals surface area (Å²) in [6, 6.07) is 7.91. The Kier molecular flexibility index (Phi) is 4.04. The molecule has 2 unspecified atom stereocenters. The van der Waals surface area contributed by atoms with Crippen molar-refractivity contribution in [3.05, 3.63) is 30.0 Å². The highest BCUT2D eigenvalue weighted by Gasteiger charge is 2.29. The minimum Gasteiger partial charge on any atom is -0.366 e. The van der Waals surface area contributed by atoms with Crippen LogP contribution in [0.3, 0.4) is 0 Å². The van der Waals surface area contributed by atoms with Gasteiger partial charge in [-0.15, -0.1) is 0 Å². The zero-order valence-corrected chi connectivity index (χ0v) is 13.7. The summed E-state index contributed by atoms with van der Waals surface area (Å²) in [6.07, 6.45) is 4.64. The highest BCUT2D eigenvalue weighted by atomic mass is 32.2. The Morgan fingerprint density at radius 2 is 1.82 bits per heavy atom. The van der Waals surface area contributed by atoms with E-state index < -0.39 is 9.84 Å². The van der Waals surface area contributed by atoms with Crippen LogP contribution >= 0.6 is 0 Å². The Morgan fingerprint density at radius 1 is 1.14 bits per heavy atom. The third-order valence-corrected chi connectivity index (χ3v) is 5.96. The van der Waals surface area contributed by atoms with Gasteiger partial charge in [0.15, 0.2) is 0 Å². The highest BCUT2D eigenvalue weighted by Crippen LogP contribution is 2.27. The van der Waals surface area contributed by atoms with Crippen LogP contribution in [0.2, 0.25) is 0 Å². The molecule has 3 rings (SSSR count). The predicted octanol–water partition coefficient (Wildman–Crippen LogP) is 2.71. The van der Waals surface area contributed by atoms with Crippen LogP contribution in [0, 0.1) is 6.92 Å². The van der Waals surface area contributed by atoms with Gasteiger partial charge >= 0.3 is 0 Å². The molecule has 1 heterocycles. The lowest BCUT2D eigenvalue weighted by Gasteiger charge is -2.29. The summed E-state index contributed by atoms with van der Waals surface area (Å²) in [7, 11) is -2.97. The third kappa shape index (κ3) is 3.21. The summed E-state index contributed by atoms with van der Waals surface area (Å²) >= 11 is 0. The first-order valence-electron chi connectivity index (χ1n) is 7.62. The zero-order chi connectivity index (χ0) is 15.7. The summed E-state index contributed by atoms with van der Waals surface area (Å²) in [6.45, 7) is 1.93. The number of fused-ring (bicyclic) bond motifs is 1. The number of aryl methyl sites for hydroxylation is 1. The van der Waals surface area contributed by atoms with Crippen LogP contribution in [0.15, 0.2) is 24.3 Å². The van der Waals surface area contributed by atoms with E-state index >= 15 is 0 Å². The van der Waals surface area contributed by atoms with Crippen LogP contribution in [-0.4, -0.2) is 35.9 Å². The van der Waals surface area contributed by atoms with Gasteiger partial charge in [-0.1, -0.05) is 18.6 Å². The lowest BCUT2D eigenvalue weighted by Crippen LogP contribution is -2.34. The SMILES string of the molecule is Cc1nc2ccccc2nc1NC1CCCC(S(C)(=O)=O)C1. The molecule has 0 aliphatic heterocycles. The molecule has 118 valence electrons. The molecule has 22 heavy (non-hydrogen) atoms. The van der Waals surface area contributed by atoms with E-state index in [0.717, 1.165) is 41.8 Å². The Labute approximate surface area is 131 Å². The molecule has 1 aliphatic rings. The lowest BCUT2D eigenvalue weighted by molar-refractivity contribution is 0.452. The quantitative estimate of drug-likeness (QED) is 0.942. The van der Waals surface area contributed by atoms with Gasteiger partial charge in [-0.05, 0) is 38.3 Å². The Hall–Kier alpha value is -1.69. The van der Waals surface area contributed by atoms with Gasteiger partial charge in [0.2, 0.25) is 0 Å². The predicted molar refractivity (Wildman–Crippen MR) is 88.8 cm³/mol. The molecule has 1 aromatic heterocycles. The van der Waals surface area contributed by atoms with Crippen molar-refractivity contribution in [2.75, 3.05) is 11.6 Å². The number of hydrogen-bond acceptors (Lipinski definition) is 5. The number of anilines is 1. The van der Waals surface area contributed by atoms with Crippen LogP contribution in [0.1, 0.15) is 31.4 Å². The Balaban J connectivity index is 1.82. The molecular weight excluding hydrogens is 298 g/mol. The minimum atomic E-state index is -2.97. The maximum Gasteiger partial charge on any atom is 0.150 e. The van der Waals surface area contributed by atoms with Crippen molar-refractivity contribution < 1.29 is 8.42 Å². The largest absolute Gasteiger partial charge is 0.366 e. The molecule has 1 aliphatic carbocycles. The van der Waals surface area contributed by atoms with Gasteiger partial charge in [-0.2, -0.15) is 0 Å². The second-order valence-electron chi connectivity index (χ2n) is 6.11. The minimum absolute atomic E-state index is 0.141. The smallest absolute Gasteiger partial charge is 0.150 e. The molecule has 1 N–H and O–H groups in total. The fourth-order valence-corrected chi connectivity index (χ4v) is 4.26. The van der Waals surface area contributed by atoms with Crippen molar-refractivity contribution in [2.45, 2.75) is 43.9 Å². The second-order valence-corrected chi connectivity index (χ2v) is 8.43. The van der Waals surface area contributed by atoms with Gasteiger partial charge in [-0.25, -0.2) is 18.4 Å². The fourth-order valence-electron chi connectivity index (χ4n) is 3.08. The average molecular weight is 319 g/mol. The standard InChI is InChI=1S/C16H21N3O2S/c1-11-16(19-15-9-4-3-8-14(15)17-11)18-12-6-5-7-13(10-12)22(2,20)21/h3-4,8-9,12-13H,5-7,10H2,1-2H3,(H,18,19).